The highest BCUT2D eigenvalue weighted by Gasteiger charge is 2.11. The first kappa shape index (κ1) is 25.6. The standard InChI is InChI=1S/C18H26FN5O2S2.HI/c1-4-20-18(21-8-7-17-23-12-14(3)27-17)22-9-10-28(25,26)24-15-6-5-13(2)16(19)11-15;/h5-6,11-12,24H,4,7-10H2,1-3H3,(H2,20,21,22);1H. The smallest absolute Gasteiger partial charge is 0.234 e. The number of anilines is 1. The molecule has 162 valence electrons. The van der Waals surface area contributed by atoms with Crippen LogP contribution in [0.5, 0.6) is 0 Å². The lowest BCUT2D eigenvalue weighted by Gasteiger charge is -2.11. The number of benzene rings is 1. The molecule has 1 heterocycles. The summed E-state index contributed by atoms with van der Waals surface area (Å²) in [5, 5.41) is 7.29. The maximum absolute atomic E-state index is 13.6. The first-order chi connectivity index (χ1) is 13.3. The highest BCUT2D eigenvalue weighted by Crippen LogP contribution is 2.15. The molecule has 0 radical (unpaired) electrons. The number of nitrogens with zero attached hydrogens (tertiary/aromatic N) is 2. The molecule has 0 aliphatic rings. The number of aliphatic imine (C=N–C) groups is 1. The van der Waals surface area contributed by atoms with Crippen molar-refractivity contribution in [1.82, 2.24) is 15.6 Å². The van der Waals surface area contributed by atoms with E-state index in [1.165, 1.54) is 23.1 Å². The normalized spacial score (nSPS) is 11.7. The molecular weight excluding hydrogens is 528 g/mol. The molecule has 1 aromatic carbocycles. The maximum Gasteiger partial charge on any atom is 0.234 e. The Balaban J connectivity index is 0.00000420. The summed E-state index contributed by atoms with van der Waals surface area (Å²) in [4.78, 5) is 9.77. The first-order valence-corrected chi connectivity index (χ1v) is 11.5. The third kappa shape index (κ3) is 9.26. The van der Waals surface area contributed by atoms with Gasteiger partial charge in [0.05, 0.1) is 23.0 Å². The summed E-state index contributed by atoms with van der Waals surface area (Å²) in [5.74, 6) is -0.107. The van der Waals surface area contributed by atoms with Crippen LogP contribution in [0.1, 0.15) is 22.4 Å². The summed E-state index contributed by atoms with van der Waals surface area (Å²) in [5.41, 5.74) is 0.665. The van der Waals surface area contributed by atoms with Gasteiger partial charge in [-0.05, 0) is 38.5 Å². The number of aromatic nitrogens is 1. The number of aryl methyl sites for hydroxylation is 2. The molecule has 7 nitrogen and oxygen atoms in total. The lowest BCUT2D eigenvalue weighted by Crippen LogP contribution is -2.38. The Bertz CT molecular complexity index is 919. The maximum atomic E-state index is 13.6. The molecule has 0 spiro atoms. The number of rotatable bonds is 9. The molecule has 0 unspecified atom stereocenters. The van der Waals surface area contributed by atoms with Crippen molar-refractivity contribution in [2.24, 2.45) is 4.99 Å². The summed E-state index contributed by atoms with van der Waals surface area (Å²) >= 11 is 1.65. The molecule has 0 atom stereocenters. The highest BCUT2D eigenvalue weighted by molar-refractivity contribution is 14.0. The monoisotopic (exact) mass is 555 g/mol. The number of nitrogens with one attached hydrogen (secondary N) is 3. The van der Waals surface area contributed by atoms with Crippen LogP contribution in [-0.4, -0.2) is 44.7 Å². The number of hydrogen-bond donors (Lipinski definition) is 3. The van der Waals surface area contributed by atoms with Gasteiger partial charge < -0.3 is 10.6 Å². The van der Waals surface area contributed by atoms with E-state index < -0.39 is 15.8 Å². The fraction of sp³-hybridized carbons (Fsp3) is 0.444. The van der Waals surface area contributed by atoms with Gasteiger partial charge in [-0.3, -0.25) is 9.71 Å². The SMILES string of the molecule is CCNC(=NCCS(=O)(=O)Nc1ccc(C)c(F)c1)NCCc1ncc(C)s1.I. The van der Waals surface area contributed by atoms with E-state index in [1.807, 2.05) is 20.0 Å². The molecule has 0 bridgehead atoms. The Hall–Kier alpha value is -1.47. The summed E-state index contributed by atoms with van der Waals surface area (Å²) in [6.45, 7) is 6.95. The van der Waals surface area contributed by atoms with Crippen LogP contribution in [0.4, 0.5) is 10.1 Å². The Morgan fingerprint density at radius 2 is 2.03 bits per heavy atom. The van der Waals surface area contributed by atoms with E-state index in [4.69, 9.17) is 0 Å². The van der Waals surface area contributed by atoms with Gasteiger partial charge in [-0.2, -0.15) is 0 Å². The van der Waals surface area contributed by atoms with E-state index in [0.717, 1.165) is 11.4 Å². The minimum atomic E-state index is -3.62. The van der Waals surface area contributed by atoms with Crippen LogP contribution in [0.25, 0.3) is 0 Å². The molecule has 3 N–H and O–H groups in total. The molecule has 0 saturated carbocycles. The quantitative estimate of drug-likeness (QED) is 0.251. The van der Waals surface area contributed by atoms with Crippen molar-refractivity contribution in [2.45, 2.75) is 27.2 Å². The number of hydrogen-bond acceptors (Lipinski definition) is 5. The molecule has 0 aliphatic carbocycles. The van der Waals surface area contributed by atoms with E-state index in [2.05, 4.69) is 25.3 Å². The molecule has 0 amide bonds. The van der Waals surface area contributed by atoms with E-state index in [9.17, 15) is 12.8 Å². The van der Waals surface area contributed by atoms with E-state index >= 15 is 0 Å². The molecule has 0 fully saturated rings. The third-order valence-corrected chi connectivity index (χ3v) is 5.96. The van der Waals surface area contributed by atoms with Gasteiger partial charge in [0.25, 0.3) is 0 Å². The van der Waals surface area contributed by atoms with E-state index in [1.54, 1.807) is 18.3 Å². The number of sulfonamides is 1. The Morgan fingerprint density at radius 3 is 2.66 bits per heavy atom. The second-order valence-electron chi connectivity index (χ2n) is 6.19. The van der Waals surface area contributed by atoms with Gasteiger partial charge in [-0.25, -0.2) is 17.8 Å². The molecule has 1 aromatic heterocycles. The van der Waals surface area contributed by atoms with Crippen LogP contribution in [0.15, 0.2) is 29.4 Å². The van der Waals surface area contributed by atoms with Crippen LogP contribution in [0.3, 0.4) is 0 Å². The largest absolute Gasteiger partial charge is 0.357 e. The average molecular weight is 555 g/mol. The minimum absolute atomic E-state index is 0. The molecule has 2 aromatic rings. The second-order valence-corrected chi connectivity index (χ2v) is 9.35. The van der Waals surface area contributed by atoms with E-state index in [0.29, 0.717) is 24.6 Å². The van der Waals surface area contributed by atoms with Gasteiger partial charge in [-0.1, -0.05) is 6.07 Å². The van der Waals surface area contributed by atoms with Crippen LogP contribution in [0, 0.1) is 19.7 Å². The molecule has 2 rings (SSSR count). The van der Waals surface area contributed by atoms with Gasteiger partial charge >= 0.3 is 0 Å². The Morgan fingerprint density at radius 1 is 1.28 bits per heavy atom. The van der Waals surface area contributed by atoms with Gasteiger partial charge in [-0.15, -0.1) is 35.3 Å². The molecule has 29 heavy (non-hydrogen) atoms. The van der Waals surface area contributed by atoms with Crippen LogP contribution in [0.2, 0.25) is 0 Å². The minimum Gasteiger partial charge on any atom is -0.357 e. The van der Waals surface area contributed by atoms with Crippen molar-refractivity contribution in [3.8, 4) is 0 Å². The molecule has 0 saturated heterocycles. The topological polar surface area (TPSA) is 95.5 Å². The predicted molar refractivity (Wildman–Crippen MR) is 128 cm³/mol. The van der Waals surface area contributed by atoms with Gasteiger partial charge in [0.15, 0.2) is 5.96 Å². The van der Waals surface area contributed by atoms with Gasteiger partial charge in [0.2, 0.25) is 10.0 Å². The van der Waals surface area contributed by atoms with Crippen LogP contribution >= 0.6 is 35.3 Å². The average Bonchev–Trinajstić information content (AvgIpc) is 3.03. The summed E-state index contributed by atoms with van der Waals surface area (Å²) < 4.78 is 40.3. The van der Waals surface area contributed by atoms with Crippen molar-refractivity contribution >= 4 is 57.0 Å². The molecular formula is C18H27FIN5O2S2. The summed E-state index contributed by atoms with van der Waals surface area (Å²) in [7, 11) is -3.62. The highest BCUT2D eigenvalue weighted by atomic mass is 127. The summed E-state index contributed by atoms with van der Waals surface area (Å²) in [6.07, 6.45) is 2.61. The van der Waals surface area contributed by atoms with Crippen LogP contribution in [-0.2, 0) is 16.4 Å². The van der Waals surface area contributed by atoms with Gasteiger partial charge in [0, 0.05) is 30.6 Å². The fourth-order valence-electron chi connectivity index (χ4n) is 2.31. The molecule has 0 aliphatic heterocycles. The van der Waals surface area contributed by atoms with Crippen molar-refractivity contribution in [3.63, 3.8) is 0 Å². The second kappa shape index (κ2) is 12.3. The number of guanidine groups is 1. The zero-order valence-electron chi connectivity index (χ0n) is 16.7. The fourth-order valence-corrected chi connectivity index (χ4v) is 4.02. The number of thiazole rings is 1. The first-order valence-electron chi connectivity index (χ1n) is 8.99. The lowest BCUT2D eigenvalue weighted by atomic mass is 10.2. The zero-order chi connectivity index (χ0) is 20.6. The number of halogens is 2. The summed E-state index contributed by atoms with van der Waals surface area (Å²) in [6, 6.07) is 4.23. The van der Waals surface area contributed by atoms with Crippen molar-refractivity contribution < 1.29 is 12.8 Å². The van der Waals surface area contributed by atoms with E-state index in [-0.39, 0.29) is 42.0 Å². The Kier molecular flexibility index (Phi) is 10.8. The van der Waals surface area contributed by atoms with Gasteiger partial charge in [0.1, 0.15) is 5.82 Å². The Labute approximate surface area is 192 Å². The third-order valence-electron chi connectivity index (χ3n) is 3.72. The van der Waals surface area contributed by atoms with Crippen molar-refractivity contribution in [3.05, 3.63) is 45.7 Å². The zero-order valence-corrected chi connectivity index (χ0v) is 20.6. The lowest BCUT2D eigenvalue weighted by molar-refractivity contribution is 0.600. The predicted octanol–water partition coefficient (Wildman–Crippen LogP) is 3.06. The van der Waals surface area contributed by atoms with Crippen molar-refractivity contribution in [1.29, 1.82) is 0 Å². The molecule has 11 heteroatoms. The van der Waals surface area contributed by atoms with Crippen LogP contribution < -0.4 is 15.4 Å². The van der Waals surface area contributed by atoms with Crippen molar-refractivity contribution in [2.75, 3.05) is 30.1 Å².